The van der Waals surface area contributed by atoms with E-state index in [0.29, 0.717) is 6.54 Å². The van der Waals surface area contributed by atoms with Crippen molar-refractivity contribution in [2.45, 2.75) is 13.5 Å². The number of pyridine rings is 2. The van der Waals surface area contributed by atoms with Crippen LogP contribution in [0.25, 0.3) is 0 Å². The van der Waals surface area contributed by atoms with Crippen LogP contribution >= 0.6 is 0 Å². The van der Waals surface area contributed by atoms with E-state index < -0.39 is 5.95 Å². The van der Waals surface area contributed by atoms with Gasteiger partial charge in [-0.1, -0.05) is 6.07 Å². The molecule has 0 radical (unpaired) electrons. The van der Waals surface area contributed by atoms with E-state index in [1.807, 2.05) is 25.1 Å². The van der Waals surface area contributed by atoms with Crippen molar-refractivity contribution in [3.8, 4) is 0 Å². The Hall–Kier alpha value is -2.30. The van der Waals surface area contributed by atoms with Gasteiger partial charge in [-0.3, -0.25) is 9.78 Å². The molecule has 0 N–H and O–H groups in total. The van der Waals surface area contributed by atoms with E-state index in [9.17, 15) is 9.18 Å². The average Bonchev–Trinajstić information content (AvgIpc) is 2.38. The maximum atomic E-state index is 13.0. The summed E-state index contributed by atoms with van der Waals surface area (Å²) in [6, 6.07) is 8.25. The molecule has 0 spiro atoms. The molecule has 0 unspecified atom stereocenters. The van der Waals surface area contributed by atoms with E-state index in [4.69, 9.17) is 0 Å². The summed E-state index contributed by atoms with van der Waals surface area (Å²) in [5.74, 6) is -0.919. The Labute approximate surface area is 110 Å². The smallest absolute Gasteiger partial charge is 0.254 e. The van der Waals surface area contributed by atoms with E-state index >= 15 is 0 Å². The van der Waals surface area contributed by atoms with Gasteiger partial charge in [-0.25, -0.2) is 4.98 Å². The van der Waals surface area contributed by atoms with Crippen molar-refractivity contribution in [3.05, 3.63) is 59.4 Å². The molecule has 0 aromatic carbocycles. The van der Waals surface area contributed by atoms with Crippen LogP contribution in [0.15, 0.2) is 36.5 Å². The summed E-state index contributed by atoms with van der Waals surface area (Å²) in [5, 5.41) is 0. The molecule has 4 nitrogen and oxygen atoms in total. The van der Waals surface area contributed by atoms with Gasteiger partial charge < -0.3 is 4.90 Å². The fourth-order valence-electron chi connectivity index (χ4n) is 1.76. The lowest BCUT2D eigenvalue weighted by molar-refractivity contribution is 0.0782. The highest BCUT2D eigenvalue weighted by Crippen LogP contribution is 2.08. The summed E-state index contributed by atoms with van der Waals surface area (Å²) in [7, 11) is 1.66. The molecule has 0 aliphatic heterocycles. The van der Waals surface area contributed by atoms with Crippen molar-refractivity contribution in [2.24, 2.45) is 0 Å². The van der Waals surface area contributed by atoms with Crippen LogP contribution in [-0.2, 0) is 6.54 Å². The summed E-state index contributed by atoms with van der Waals surface area (Å²) < 4.78 is 13.0. The maximum absolute atomic E-state index is 13.0. The van der Waals surface area contributed by atoms with Crippen LogP contribution in [0.5, 0.6) is 0 Å². The van der Waals surface area contributed by atoms with E-state index in [2.05, 4.69) is 9.97 Å². The van der Waals surface area contributed by atoms with Gasteiger partial charge in [0.05, 0.1) is 12.2 Å². The molecule has 0 aliphatic carbocycles. The van der Waals surface area contributed by atoms with Crippen LogP contribution in [-0.4, -0.2) is 27.8 Å². The highest BCUT2D eigenvalue weighted by molar-refractivity contribution is 5.93. The predicted octanol–water partition coefficient (Wildman–Crippen LogP) is 2.20. The van der Waals surface area contributed by atoms with Crippen molar-refractivity contribution in [3.63, 3.8) is 0 Å². The first kappa shape index (κ1) is 13.1. The van der Waals surface area contributed by atoms with Crippen LogP contribution in [0.1, 0.15) is 21.7 Å². The maximum Gasteiger partial charge on any atom is 0.254 e. The summed E-state index contributed by atoms with van der Waals surface area (Å²) in [5.41, 5.74) is 1.97. The van der Waals surface area contributed by atoms with Gasteiger partial charge in [0.2, 0.25) is 5.95 Å². The quantitative estimate of drug-likeness (QED) is 0.794. The predicted molar refractivity (Wildman–Crippen MR) is 69.0 cm³/mol. The molecule has 2 aromatic rings. The zero-order chi connectivity index (χ0) is 13.8. The van der Waals surface area contributed by atoms with Gasteiger partial charge in [-0.15, -0.1) is 0 Å². The third-order valence-electron chi connectivity index (χ3n) is 2.67. The molecular weight excluding hydrogens is 245 g/mol. The van der Waals surface area contributed by atoms with Gasteiger partial charge in [0.15, 0.2) is 0 Å². The molecular formula is C14H14FN3O. The lowest BCUT2D eigenvalue weighted by Gasteiger charge is -2.16. The Morgan fingerprint density at radius 3 is 2.84 bits per heavy atom. The Balaban J connectivity index is 2.12. The second-order valence-corrected chi connectivity index (χ2v) is 4.30. The molecule has 98 valence electrons. The second-order valence-electron chi connectivity index (χ2n) is 4.30. The molecule has 2 aromatic heterocycles. The number of rotatable bonds is 3. The molecule has 0 atom stereocenters. The summed E-state index contributed by atoms with van der Waals surface area (Å²) in [6.07, 6.45) is 1.28. The van der Waals surface area contributed by atoms with Gasteiger partial charge >= 0.3 is 0 Å². The number of nitrogens with zero attached hydrogens (tertiary/aromatic N) is 3. The highest BCUT2D eigenvalue weighted by Gasteiger charge is 2.13. The fraction of sp³-hybridized carbons (Fsp3) is 0.214. The minimum Gasteiger partial charge on any atom is -0.336 e. The minimum atomic E-state index is -0.659. The summed E-state index contributed by atoms with van der Waals surface area (Å²) in [6.45, 7) is 2.27. The molecule has 19 heavy (non-hydrogen) atoms. The number of carbonyl (C=O) groups excluding carboxylic acids is 1. The van der Waals surface area contributed by atoms with Crippen molar-refractivity contribution < 1.29 is 9.18 Å². The van der Waals surface area contributed by atoms with Gasteiger partial charge in [-0.2, -0.15) is 4.39 Å². The molecule has 0 saturated carbocycles. The number of hydrogen-bond acceptors (Lipinski definition) is 3. The largest absolute Gasteiger partial charge is 0.336 e. The number of aryl methyl sites for hydroxylation is 1. The molecule has 5 heteroatoms. The van der Waals surface area contributed by atoms with Crippen molar-refractivity contribution in [1.29, 1.82) is 0 Å². The lowest BCUT2D eigenvalue weighted by Crippen LogP contribution is -2.26. The number of amides is 1. The minimum absolute atomic E-state index is 0.260. The lowest BCUT2D eigenvalue weighted by atomic mass is 10.2. The monoisotopic (exact) mass is 259 g/mol. The van der Waals surface area contributed by atoms with E-state index in [1.54, 1.807) is 7.05 Å². The molecule has 2 heterocycles. The van der Waals surface area contributed by atoms with Crippen molar-refractivity contribution >= 4 is 5.91 Å². The zero-order valence-electron chi connectivity index (χ0n) is 10.8. The molecule has 0 saturated heterocycles. The van der Waals surface area contributed by atoms with E-state index in [1.165, 1.54) is 17.2 Å². The number of hydrogen-bond donors (Lipinski definition) is 0. The first-order valence-corrected chi connectivity index (χ1v) is 5.86. The Bertz CT molecular complexity index is 601. The third kappa shape index (κ3) is 3.34. The fourth-order valence-corrected chi connectivity index (χ4v) is 1.76. The first-order valence-electron chi connectivity index (χ1n) is 5.86. The molecule has 2 rings (SSSR count). The van der Waals surface area contributed by atoms with Crippen LogP contribution in [0.4, 0.5) is 4.39 Å². The average molecular weight is 259 g/mol. The first-order chi connectivity index (χ1) is 9.06. The number of aromatic nitrogens is 2. The zero-order valence-corrected chi connectivity index (χ0v) is 10.8. The Morgan fingerprint density at radius 2 is 2.16 bits per heavy atom. The Kier molecular flexibility index (Phi) is 3.85. The molecule has 0 bridgehead atoms. The second kappa shape index (κ2) is 5.56. The van der Waals surface area contributed by atoms with Crippen LogP contribution < -0.4 is 0 Å². The topological polar surface area (TPSA) is 46.1 Å². The van der Waals surface area contributed by atoms with Gasteiger partial charge in [0.25, 0.3) is 5.91 Å². The van der Waals surface area contributed by atoms with Gasteiger partial charge in [-0.05, 0) is 25.1 Å². The third-order valence-corrected chi connectivity index (χ3v) is 2.67. The van der Waals surface area contributed by atoms with Crippen LogP contribution in [0, 0.1) is 12.9 Å². The van der Waals surface area contributed by atoms with E-state index in [-0.39, 0.29) is 11.5 Å². The number of carbonyl (C=O) groups is 1. The highest BCUT2D eigenvalue weighted by atomic mass is 19.1. The van der Waals surface area contributed by atoms with Gasteiger partial charge in [0.1, 0.15) is 0 Å². The Morgan fingerprint density at radius 1 is 1.37 bits per heavy atom. The van der Waals surface area contributed by atoms with Gasteiger partial charge in [0, 0.05) is 30.6 Å². The van der Waals surface area contributed by atoms with Crippen LogP contribution in [0.3, 0.4) is 0 Å². The SMILES string of the molecule is Cc1cccc(CN(C)C(=O)c2ccnc(F)c2)n1. The van der Waals surface area contributed by atoms with Crippen molar-refractivity contribution in [1.82, 2.24) is 14.9 Å². The van der Waals surface area contributed by atoms with Crippen LogP contribution in [0.2, 0.25) is 0 Å². The summed E-state index contributed by atoms with van der Waals surface area (Å²) >= 11 is 0. The normalized spacial score (nSPS) is 10.3. The molecule has 0 aliphatic rings. The molecule has 0 fully saturated rings. The standard InChI is InChI=1S/C14H14FN3O/c1-10-4-3-5-12(17-10)9-18(2)14(19)11-6-7-16-13(15)8-11/h3-8H,9H2,1-2H3. The number of halogens is 1. The molecule has 1 amide bonds. The van der Waals surface area contributed by atoms with Crippen molar-refractivity contribution in [2.75, 3.05) is 7.05 Å². The summed E-state index contributed by atoms with van der Waals surface area (Å²) in [4.78, 5) is 21.3. The van der Waals surface area contributed by atoms with E-state index in [0.717, 1.165) is 17.5 Å².